The molecular formula is C15H18F2N2O2. The van der Waals surface area contributed by atoms with Crippen LogP contribution in [-0.4, -0.2) is 17.9 Å². The number of benzene rings is 1. The van der Waals surface area contributed by atoms with Crippen molar-refractivity contribution in [3.8, 4) is 0 Å². The molecule has 2 N–H and O–H groups in total. The molecule has 2 atom stereocenters. The van der Waals surface area contributed by atoms with Crippen LogP contribution >= 0.6 is 0 Å². The molecule has 0 aromatic heterocycles. The summed E-state index contributed by atoms with van der Waals surface area (Å²) in [5, 5.41) is 4.82. The van der Waals surface area contributed by atoms with Crippen LogP contribution in [0.15, 0.2) is 18.2 Å². The lowest BCUT2D eigenvalue weighted by Crippen LogP contribution is -2.45. The first-order valence-corrected chi connectivity index (χ1v) is 7.04. The van der Waals surface area contributed by atoms with Crippen LogP contribution in [0.3, 0.4) is 0 Å². The maximum Gasteiger partial charge on any atom is 0.313 e. The second-order valence-corrected chi connectivity index (χ2v) is 5.42. The quantitative estimate of drug-likeness (QED) is 0.824. The fourth-order valence-electron chi connectivity index (χ4n) is 2.53. The Morgan fingerprint density at radius 2 is 1.86 bits per heavy atom. The summed E-state index contributed by atoms with van der Waals surface area (Å²) in [7, 11) is 0. The number of rotatable bonds is 2. The van der Waals surface area contributed by atoms with Crippen molar-refractivity contribution in [3.05, 3.63) is 29.8 Å². The molecule has 6 heteroatoms. The van der Waals surface area contributed by atoms with Crippen LogP contribution in [0.1, 0.15) is 32.6 Å². The van der Waals surface area contributed by atoms with Crippen LogP contribution in [0.5, 0.6) is 0 Å². The van der Waals surface area contributed by atoms with E-state index in [1.165, 1.54) is 0 Å². The highest BCUT2D eigenvalue weighted by atomic mass is 19.1. The minimum atomic E-state index is -0.946. The SMILES string of the molecule is C[C@H]1CCCC[C@H]1NC(=O)C(=O)Nc1ccc(F)cc1F. The van der Waals surface area contributed by atoms with Crippen molar-refractivity contribution in [1.29, 1.82) is 0 Å². The average Bonchev–Trinajstić information content (AvgIpc) is 2.44. The van der Waals surface area contributed by atoms with E-state index in [-0.39, 0.29) is 11.7 Å². The zero-order valence-electron chi connectivity index (χ0n) is 11.8. The number of hydrogen-bond donors (Lipinski definition) is 2. The molecule has 0 heterocycles. The summed E-state index contributed by atoms with van der Waals surface area (Å²) in [4.78, 5) is 23.6. The van der Waals surface area contributed by atoms with Crippen LogP contribution < -0.4 is 10.6 Å². The molecule has 2 rings (SSSR count). The van der Waals surface area contributed by atoms with Crippen molar-refractivity contribution >= 4 is 17.5 Å². The first-order chi connectivity index (χ1) is 9.97. The van der Waals surface area contributed by atoms with E-state index < -0.39 is 23.4 Å². The van der Waals surface area contributed by atoms with Gasteiger partial charge in [-0.3, -0.25) is 9.59 Å². The predicted molar refractivity (Wildman–Crippen MR) is 74.6 cm³/mol. The molecule has 1 aliphatic carbocycles. The Morgan fingerprint density at radius 1 is 1.14 bits per heavy atom. The zero-order chi connectivity index (χ0) is 15.4. The molecule has 1 aromatic rings. The molecule has 2 amide bonds. The van der Waals surface area contributed by atoms with E-state index in [1.54, 1.807) is 0 Å². The predicted octanol–water partition coefficient (Wildman–Crippen LogP) is 2.60. The Kier molecular flexibility index (Phi) is 4.88. The molecular weight excluding hydrogens is 278 g/mol. The highest BCUT2D eigenvalue weighted by Crippen LogP contribution is 2.23. The standard InChI is InChI=1S/C15H18F2N2O2/c1-9-4-2-3-5-12(9)18-14(20)15(21)19-13-7-6-10(16)8-11(13)17/h6-9,12H,2-5H2,1H3,(H,18,20)(H,19,21)/t9-,12+/m0/s1. The number of amides is 2. The monoisotopic (exact) mass is 296 g/mol. The lowest BCUT2D eigenvalue weighted by Gasteiger charge is -2.29. The summed E-state index contributed by atoms with van der Waals surface area (Å²) in [5.74, 6) is -3.08. The van der Waals surface area contributed by atoms with E-state index >= 15 is 0 Å². The van der Waals surface area contributed by atoms with Crippen molar-refractivity contribution in [3.63, 3.8) is 0 Å². The number of anilines is 1. The summed E-state index contributed by atoms with van der Waals surface area (Å²) in [6.45, 7) is 2.03. The van der Waals surface area contributed by atoms with Crippen molar-refractivity contribution < 1.29 is 18.4 Å². The molecule has 1 saturated carbocycles. The molecule has 1 aliphatic rings. The smallest absolute Gasteiger partial charge is 0.313 e. The molecule has 0 saturated heterocycles. The van der Waals surface area contributed by atoms with Gasteiger partial charge < -0.3 is 10.6 Å². The topological polar surface area (TPSA) is 58.2 Å². The Bertz CT molecular complexity index is 548. The third-order valence-electron chi connectivity index (χ3n) is 3.81. The fraction of sp³-hybridized carbons (Fsp3) is 0.467. The van der Waals surface area contributed by atoms with E-state index in [0.29, 0.717) is 12.0 Å². The van der Waals surface area contributed by atoms with Gasteiger partial charge in [-0.25, -0.2) is 8.78 Å². The van der Waals surface area contributed by atoms with Gasteiger partial charge in [0.1, 0.15) is 11.6 Å². The Hall–Kier alpha value is -1.98. The van der Waals surface area contributed by atoms with Crippen LogP contribution in [0.2, 0.25) is 0 Å². The number of halogens is 2. The highest BCUT2D eigenvalue weighted by Gasteiger charge is 2.25. The molecule has 0 bridgehead atoms. The highest BCUT2D eigenvalue weighted by molar-refractivity contribution is 6.39. The van der Waals surface area contributed by atoms with Gasteiger partial charge in [0.2, 0.25) is 0 Å². The first kappa shape index (κ1) is 15.4. The summed E-state index contributed by atoms with van der Waals surface area (Å²) in [6, 6.07) is 2.71. The van der Waals surface area contributed by atoms with E-state index in [1.807, 2.05) is 6.92 Å². The number of nitrogens with one attached hydrogen (secondary N) is 2. The number of carbonyl (C=O) groups is 2. The minimum absolute atomic E-state index is 0.0323. The summed E-state index contributed by atoms with van der Waals surface area (Å²) in [6.07, 6.45) is 3.99. The molecule has 21 heavy (non-hydrogen) atoms. The summed E-state index contributed by atoms with van der Waals surface area (Å²) in [5.41, 5.74) is -0.215. The number of carbonyl (C=O) groups excluding carboxylic acids is 2. The molecule has 114 valence electrons. The largest absolute Gasteiger partial charge is 0.345 e. The molecule has 4 nitrogen and oxygen atoms in total. The van der Waals surface area contributed by atoms with E-state index in [2.05, 4.69) is 10.6 Å². The number of hydrogen-bond acceptors (Lipinski definition) is 2. The van der Waals surface area contributed by atoms with Crippen LogP contribution in [0, 0.1) is 17.6 Å². The minimum Gasteiger partial charge on any atom is -0.345 e. The molecule has 1 fully saturated rings. The molecule has 0 radical (unpaired) electrons. The Morgan fingerprint density at radius 3 is 2.52 bits per heavy atom. The molecule has 0 aliphatic heterocycles. The van der Waals surface area contributed by atoms with Gasteiger partial charge in [-0.1, -0.05) is 19.8 Å². The van der Waals surface area contributed by atoms with Gasteiger partial charge in [0.15, 0.2) is 0 Å². The van der Waals surface area contributed by atoms with E-state index in [0.717, 1.165) is 37.8 Å². The van der Waals surface area contributed by atoms with Crippen LogP contribution in [0.4, 0.5) is 14.5 Å². The molecule has 0 spiro atoms. The van der Waals surface area contributed by atoms with Crippen molar-refractivity contribution in [2.75, 3.05) is 5.32 Å². The molecule has 0 unspecified atom stereocenters. The molecule has 1 aromatic carbocycles. The fourth-order valence-corrected chi connectivity index (χ4v) is 2.53. The summed E-state index contributed by atoms with van der Waals surface area (Å²) < 4.78 is 26.2. The zero-order valence-corrected chi connectivity index (χ0v) is 11.8. The van der Waals surface area contributed by atoms with Crippen LogP contribution in [-0.2, 0) is 9.59 Å². The maximum atomic E-state index is 13.4. The van der Waals surface area contributed by atoms with Crippen molar-refractivity contribution in [1.82, 2.24) is 5.32 Å². The third-order valence-corrected chi connectivity index (χ3v) is 3.81. The van der Waals surface area contributed by atoms with Crippen molar-refractivity contribution in [2.24, 2.45) is 5.92 Å². The van der Waals surface area contributed by atoms with Gasteiger partial charge in [-0.15, -0.1) is 0 Å². The first-order valence-electron chi connectivity index (χ1n) is 7.04. The average molecular weight is 296 g/mol. The van der Waals surface area contributed by atoms with Crippen molar-refractivity contribution in [2.45, 2.75) is 38.6 Å². The van der Waals surface area contributed by atoms with Gasteiger partial charge in [-0.2, -0.15) is 0 Å². The third kappa shape index (κ3) is 4.00. The maximum absolute atomic E-state index is 13.4. The lowest BCUT2D eigenvalue weighted by molar-refractivity contribution is -0.137. The van der Waals surface area contributed by atoms with Gasteiger partial charge in [0.05, 0.1) is 5.69 Å². The van der Waals surface area contributed by atoms with Gasteiger partial charge in [-0.05, 0) is 30.9 Å². The Labute approximate surface area is 121 Å². The normalized spacial score (nSPS) is 21.7. The second kappa shape index (κ2) is 6.65. The van der Waals surface area contributed by atoms with Gasteiger partial charge in [0.25, 0.3) is 0 Å². The summed E-state index contributed by atoms with van der Waals surface area (Å²) >= 11 is 0. The van der Waals surface area contributed by atoms with Gasteiger partial charge in [0, 0.05) is 12.1 Å². The van der Waals surface area contributed by atoms with Crippen LogP contribution in [0.25, 0.3) is 0 Å². The van der Waals surface area contributed by atoms with E-state index in [4.69, 9.17) is 0 Å². The van der Waals surface area contributed by atoms with E-state index in [9.17, 15) is 18.4 Å². The second-order valence-electron chi connectivity index (χ2n) is 5.42. The Balaban J connectivity index is 1.94. The van der Waals surface area contributed by atoms with Gasteiger partial charge >= 0.3 is 11.8 Å². The lowest BCUT2D eigenvalue weighted by atomic mass is 9.86.